The van der Waals surface area contributed by atoms with Gasteiger partial charge in [-0.3, -0.25) is 5.32 Å². The van der Waals surface area contributed by atoms with Crippen LogP contribution < -0.4 is 15.5 Å². The molecule has 1 aliphatic rings. The van der Waals surface area contributed by atoms with Crippen molar-refractivity contribution >= 4 is 24.4 Å². The quantitative estimate of drug-likeness (QED) is 0.548. The van der Waals surface area contributed by atoms with Crippen LogP contribution in [0.25, 0.3) is 5.82 Å². The molecule has 9 nitrogen and oxygen atoms in total. The molecule has 0 unspecified atom stereocenters. The van der Waals surface area contributed by atoms with Gasteiger partial charge in [-0.1, -0.05) is 13.3 Å². The lowest BCUT2D eigenvalue weighted by Gasteiger charge is -2.32. The lowest BCUT2D eigenvalue weighted by atomic mass is 9.81. The molecule has 1 fully saturated rings. The molecule has 1 amide bonds. The summed E-state index contributed by atoms with van der Waals surface area (Å²) in [7, 11) is 0.948. The number of hydrogen-bond donors (Lipinski definition) is 1. The number of carbonyl (C=O) groups excluding carboxylic acids is 1. The van der Waals surface area contributed by atoms with Gasteiger partial charge in [0, 0.05) is 6.20 Å². The highest BCUT2D eigenvalue weighted by Crippen LogP contribution is 2.37. The number of rotatable bonds is 7. The smallest absolute Gasteiger partial charge is 0.480 e. The highest BCUT2D eigenvalue weighted by molar-refractivity contribution is 6.63. The third-order valence-electron chi connectivity index (χ3n) is 5.37. The van der Waals surface area contributed by atoms with E-state index in [9.17, 15) is 4.79 Å². The summed E-state index contributed by atoms with van der Waals surface area (Å²) in [6, 6.07) is 3.47. The number of carbonyl (C=O) groups is 1. The van der Waals surface area contributed by atoms with E-state index in [1.165, 1.54) is 0 Å². The monoisotopic (exact) mass is 416 g/mol. The molecule has 1 N–H and O–H groups in total. The Morgan fingerprint density at radius 3 is 2.50 bits per heavy atom. The van der Waals surface area contributed by atoms with Gasteiger partial charge in [0.2, 0.25) is 5.88 Å². The molecule has 1 aliphatic heterocycles. The number of unbranched alkanes of at least 4 members (excludes halogenated alkanes) is 1. The summed E-state index contributed by atoms with van der Waals surface area (Å²) in [5.74, 6) is 0.956. The van der Waals surface area contributed by atoms with E-state index in [4.69, 9.17) is 18.8 Å². The van der Waals surface area contributed by atoms with Gasteiger partial charge in [0.05, 0.1) is 42.3 Å². The van der Waals surface area contributed by atoms with Crippen molar-refractivity contribution in [1.29, 1.82) is 0 Å². The van der Waals surface area contributed by atoms with Gasteiger partial charge < -0.3 is 18.8 Å². The van der Waals surface area contributed by atoms with Crippen LogP contribution in [0.2, 0.25) is 0 Å². The Kier molecular flexibility index (Phi) is 6.37. The molecule has 2 aromatic rings. The molecule has 10 heteroatoms. The summed E-state index contributed by atoms with van der Waals surface area (Å²) in [5.41, 5.74) is 0.273. The molecule has 162 valence electrons. The van der Waals surface area contributed by atoms with Crippen molar-refractivity contribution in [1.82, 2.24) is 14.8 Å². The molecule has 0 saturated carbocycles. The first kappa shape index (κ1) is 22.1. The van der Waals surface area contributed by atoms with Crippen LogP contribution in [0.4, 0.5) is 10.5 Å². The van der Waals surface area contributed by atoms with E-state index in [2.05, 4.69) is 15.4 Å². The molecule has 0 radical (unpaired) electrons. The summed E-state index contributed by atoms with van der Waals surface area (Å²) in [5, 5.41) is 7.09. The number of ether oxygens (including phenoxy) is 2. The van der Waals surface area contributed by atoms with Gasteiger partial charge in [0.15, 0.2) is 5.82 Å². The molecule has 2 aromatic heterocycles. The highest BCUT2D eigenvalue weighted by atomic mass is 16.7. The molecule has 0 aliphatic carbocycles. The second-order valence-corrected chi connectivity index (χ2v) is 8.15. The lowest BCUT2D eigenvalue weighted by molar-refractivity contribution is 0.00578. The van der Waals surface area contributed by atoms with Crippen molar-refractivity contribution in [2.45, 2.75) is 58.7 Å². The van der Waals surface area contributed by atoms with Crippen LogP contribution in [-0.4, -0.2) is 52.9 Å². The molecular weight excluding hydrogens is 387 g/mol. The van der Waals surface area contributed by atoms with Crippen LogP contribution in [0.1, 0.15) is 47.5 Å². The second kappa shape index (κ2) is 8.65. The number of nitrogens with zero attached hydrogens (tertiary/aromatic N) is 3. The summed E-state index contributed by atoms with van der Waals surface area (Å²) in [6.45, 7) is 10.4. The largest absolute Gasteiger partial charge is 0.502 e. The van der Waals surface area contributed by atoms with Crippen LogP contribution in [0.3, 0.4) is 0 Å². The van der Waals surface area contributed by atoms with Crippen LogP contribution in [-0.2, 0) is 14.0 Å². The Bertz CT molecular complexity index is 866. The molecule has 0 spiro atoms. The van der Waals surface area contributed by atoms with E-state index in [1.807, 2.05) is 34.6 Å². The average Bonchev–Trinajstić information content (AvgIpc) is 3.20. The predicted octanol–water partition coefficient (Wildman–Crippen LogP) is 2.92. The first-order valence-electron chi connectivity index (χ1n) is 10.1. The maximum atomic E-state index is 11.8. The van der Waals surface area contributed by atoms with Crippen molar-refractivity contribution in [2.75, 3.05) is 19.0 Å². The fourth-order valence-electron chi connectivity index (χ4n) is 2.84. The van der Waals surface area contributed by atoms with Gasteiger partial charge in [0.25, 0.3) is 0 Å². The first-order valence-corrected chi connectivity index (χ1v) is 10.1. The Morgan fingerprint density at radius 1 is 1.23 bits per heavy atom. The van der Waals surface area contributed by atoms with Gasteiger partial charge in [-0.25, -0.2) is 14.5 Å². The SMILES string of the molecule is CCCCOC(=O)Nc1ccc(-n2cc(B3OC(C)(C)C(C)(C)O3)c(OC)n2)nc1. The Morgan fingerprint density at radius 2 is 1.93 bits per heavy atom. The minimum atomic E-state index is -0.600. The molecule has 3 heterocycles. The van der Waals surface area contributed by atoms with Crippen molar-refractivity contribution in [2.24, 2.45) is 0 Å². The summed E-state index contributed by atoms with van der Waals surface area (Å²) < 4.78 is 24.3. The lowest BCUT2D eigenvalue weighted by Crippen LogP contribution is -2.41. The Hall–Kier alpha value is -2.59. The van der Waals surface area contributed by atoms with Crippen molar-refractivity contribution in [3.8, 4) is 11.7 Å². The van der Waals surface area contributed by atoms with Crippen molar-refractivity contribution in [3.05, 3.63) is 24.5 Å². The number of anilines is 1. The van der Waals surface area contributed by atoms with E-state index in [0.717, 1.165) is 12.8 Å². The van der Waals surface area contributed by atoms with E-state index in [1.54, 1.807) is 36.3 Å². The molecule has 1 saturated heterocycles. The molecule has 3 rings (SSSR count). The maximum Gasteiger partial charge on any atom is 0.502 e. The fraction of sp³-hybridized carbons (Fsp3) is 0.550. The third-order valence-corrected chi connectivity index (χ3v) is 5.37. The molecule has 30 heavy (non-hydrogen) atoms. The van der Waals surface area contributed by atoms with Gasteiger partial charge >= 0.3 is 13.2 Å². The van der Waals surface area contributed by atoms with Gasteiger partial charge in [-0.05, 0) is 46.2 Å². The number of methoxy groups -OCH3 is 1. The van der Waals surface area contributed by atoms with Gasteiger partial charge in [0.1, 0.15) is 0 Å². The van der Waals surface area contributed by atoms with E-state index in [-0.39, 0.29) is 0 Å². The van der Waals surface area contributed by atoms with Crippen LogP contribution in [0.15, 0.2) is 24.5 Å². The maximum absolute atomic E-state index is 11.8. The Labute approximate surface area is 177 Å². The summed E-state index contributed by atoms with van der Waals surface area (Å²) >= 11 is 0. The minimum absolute atomic E-state index is 0.391. The fourth-order valence-corrected chi connectivity index (χ4v) is 2.84. The normalized spacial score (nSPS) is 17.1. The number of aromatic nitrogens is 3. The zero-order valence-corrected chi connectivity index (χ0v) is 18.4. The van der Waals surface area contributed by atoms with Crippen LogP contribution in [0.5, 0.6) is 5.88 Å². The summed E-state index contributed by atoms with van der Waals surface area (Å²) in [4.78, 5) is 16.1. The number of hydrogen-bond acceptors (Lipinski definition) is 7. The number of nitrogens with one attached hydrogen (secondary N) is 1. The van der Waals surface area contributed by atoms with E-state index < -0.39 is 24.4 Å². The summed E-state index contributed by atoms with van der Waals surface area (Å²) in [6.07, 6.45) is 4.61. The predicted molar refractivity (Wildman–Crippen MR) is 114 cm³/mol. The highest BCUT2D eigenvalue weighted by Gasteiger charge is 2.53. The zero-order valence-electron chi connectivity index (χ0n) is 18.4. The first-order chi connectivity index (χ1) is 14.2. The topological polar surface area (TPSA) is 96.7 Å². The third kappa shape index (κ3) is 4.60. The van der Waals surface area contributed by atoms with Crippen molar-refractivity contribution < 1.29 is 23.6 Å². The second-order valence-electron chi connectivity index (χ2n) is 8.15. The minimum Gasteiger partial charge on any atom is -0.480 e. The zero-order chi connectivity index (χ0) is 21.9. The molecule has 0 bridgehead atoms. The molecule has 0 atom stereocenters. The molecule has 0 aromatic carbocycles. The number of pyridine rings is 1. The van der Waals surface area contributed by atoms with Crippen LogP contribution in [0, 0.1) is 0 Å². The van der Waals surface area contributed by atoms with Gasteiger partial charge in [-0.15, -0.1) is 5.10 Å². The Balaban J connectivity index is 1.73. The standard InChI is InChI=1S/C20H29BN4O5/c1-7-8-11-28-18(26)23-14-9-10-16(22-12-14)25-13-15(17(24-25)27-6)21-29-19(2,3)20(4,5)30-21/h9-10,12-13H,7-8,11H2,1-6H3,(H,23,26). The van der Waals surface area contributed by atoms with E-state index >= 15 is 0 Å². The van der Waals surface area contributed by atoms with Crippen LogP contribution >= 0.6 is 0 Å². The average molecular weight is 416 g/mol. The van der Waals surface area contributed by atoms with Gasteiger partial charge in [-0.2, -0.15) is 0 Å². The molecular formula is C20H29BN4O5. The number of amides is 1. The van der Waals surface area contributed by atoms with Crippen molar-refractivity contribution in [3.63, 3.8) is 0 Å². The van der Waals surface area contributed by atoms with E-state index in [0.29, 0.717) is 29.5 Å².